The number of rotatable bonds is 6. The summed E-state index contributed by atoms with van der Waals surface area (Å²) in [5.74, 6) is -1.02. The zero-order chi connectivity index (χ0) is 27.7. The zero-order valence-electron chi connectivity index (χ0n) is 22.4. The average molecular weight is 544 g/mol. The van der Waals surface area contributed by atoms with Crippen molar-refractivity contribution in [2.24, 2.45) is 5.92 Å². The van der Waals surface area contributed by atoms with Gasteiger partial charge in [0.2, 0.25) is 17.7 Å². The molecule has 2 heterocycles. The number of likely N-dealkylation sites (N-methyl/N-ethyl adjacent to an activating group) is 1. The van der Waals surface area contributed by atoms with Gasteiger partial charge in [-0.25, -0.2) is 4.98 Å². The van der Waals surface area contributed by atoms with Gasteiger partial charge in [-0.05, 0) is 37.8 Å². The topological polar surface area (TPSA) is 130 Å². The second-order valence-corrected chi connectivity index (χ2v) is 10.8. The summed E-state index contributed by atoms with van der Waals surface area (Å²) in [5, 5.41) is 11.6. The Kier molecular flexibility index (Phi) is 10.6. The number of hydrogen-bond acceptors (Lipinski definition) is 7. The van der Waals surface area contributed by atoms with Crippen LogP contribution in [0.2, 0.25) is 0 Å². The van der Waals surface area contributed by atoms with E-state index in [0.29, 0.717) is 18.7 Å². The standard InChI is InChI=1S/C27H37N5O5S/c1-17(2)21-15-37-22-9-6-5-8-19(22)26(35)31-20(11-12-25(34)32(4)14-23(33)30-21)27(36)28-13-7-10-24-29-18(3)16-38-24/h5-6,8-9,16-17,20-21H,7,10-15H2,1-4H3,(H,28,36)(H,30,33)(H,31,35)/t20-,21+/m0/s1. The lowest BCUT2D eigenvalue weighted by Crippen LogP contribution is -2.48. The maximum absolute atomic E-state index is 13.2. The van der Waals surface area contributed by atoms with Crippen molar-refractivity contribution in [3.8, 4) is 5.75 Å². The first-order valence-corrected chi connectivity index (χ1v) is 13.8. The van der Waals surface area contributed by atoms with Gasteiger partial charge in [0.15, 0.2) is 0 Å². The van der Waals surface area contributed by atoms with Crippen molar-refractivity contribution in [1.82, 2.24) is 25.8 Å². The molecule has 206 valence electrons. The Labute approximate surface area is 227 Å². The molecule has 2 atom stereocenters. The number of nitrogens with zero attached hydrogens (tertiary/aromatic N) is 2. The molecule has 0 unspecified atom stereocenters. The van der Waals surface area contributed by atoms with Gasteiger partial charge < -0.3 is 25.6 Å². The highest BCUT2D eigenvalue weighted by Gasteiger charge is 2.26. The molecule has 0 fully saturated rings. The number of amides is 4. The first-order valence-electron chi connectivity index (χ1n) is 12.9. The van der Waals surface area contributed by atoms with Crippen LogP contribution in [0.5, 0.6) is 5.75 Å². The van der Waals surface area contributed by atoms with E-state index >= 15 is 0 Å². The smallest absolute Gasteiger partial charge is 0.255 e. The summed E-state index contributed by atoms with van der Waals surface area (Å²) >= 11 is 1.59. The number of aromatic nitrogens is 1. The molecule has 0 radical (unpaired) electrons. The molecule has 3 rings (SSSR count). The molecule has 4 amide bonds. The number of carbonyl (C=O) groups is 4. The number of ether oxygens (including phenoxy) is 1. The summed E-state index contributed by atoms with van der Waals surface area (Å²) < 4.78 is 5.96. The van der Waals surface area contributed by atoms with Crippen molar-refractivity contribution in [2.75, 3.05) is 26.7 Å². The minimum absolute atomic E-state index is 0.00764. The number of carbonyl (C=O) groups excluding carboxylic acids is 4. The van der Waals surface area contributed by atoms with Crippen LogP contribution >= 0.6 is 11.3 Å². The lowest BCUT2D eigenvalue weighted by atomic mass is 10.1. The van der Waals surface area contributed by atoms with Crippen LogP contribution in [0.1, 0.15) is 54.2 Å². The first-order chi connectivity index (χ1) is 18.1. The van der Waals surface area contributed by atoms with Crippen LogP contribution < -0.4 is 20.7 Å². The third-order valence-electron chi connectivity index (χ3n) is 6.31. The van der Waals surface area contributed by atoms with E-state index in [1.165, 1.54) is 4.90 Å². The Balaban J connectivity index is 1.75. The second kappa shape index (κ2) is 13.9. The van der Waals surface area contributed by atoms with Crippen LogP contribution in [0, 0.1) is 12.8 Å². The third-order valence-corrected chi connectivity index (χ3v) is 7.34. The van der Waals surface area contributed by atoms with E-state index in [1.54, 1.807) is 42.6 Å². The fourth-order valence-corrected chi connectivity index (χ4v) is 4.79. The van der Waals surface area contributed by atoms with Gasteiger partial charge in [-0.2, -0.15) is 0 Å². The summed E-state index contributed by atoms with van der Waals surface area (Å²) in [6.07, 6.45) is 1.52. The van der Waals surface area contributed by atoms with Crippen LogP contribution in [0.25, 0.3) is 0 Å². The van der Waals surface area contributed by atoms with E-state index in [9.17, 15) is 19.2 Å². The normalized spacial score (nSPS) is 19.5. The number of para-hydroxylation sites is 1. The summed E-state index contributed by atoms with van der Waals surface area (Å²) in [6.45, 7) is 6.30. The van der Waals surface area contributed by atoms with Gasteiger partial charge in [0.25, 0.3) is 5.91 Å². The van der Waals surface area contributed by atoms with Gasteiger partial charge in [0.1, 0.15) is 18.4 Å². The lowest BCUT2D eigenvalue weighted by Gasteiger charge is -2.24. The molecule has 10 nitrogen and oxygen atoms in total. The minimum atomic E-state index is -0.933. The molecular weight excluding hydrogens is 506 g/mol. The average Bonchev–Trinajstić information content (AvgIpc) is 3.30. The quantitative estimate of drug-likeness (QED) is 0.479. The highest BCUT2D eigenvalue weighted by Crippen LogP contribution is 2.20. The molecule has 0 spiro atoms. The van der Waals surface area contributed by atoms with Gasteiger partial charge in [-0.15, -0.1) is 11.3 Å². The highest BCUT2D eigenvalue weighted by molar-refractivity contribution is 7.09. The maximum Gasteiger partial charge on any atom is 0.255 e. The van der Waals surface area contributed by atoms with Crippen molar-refractivity contribution in [3.63, 3.8) is 0 Å². The molecule has 0 aliphatic carbocycles. The molecular formula is C27H37N5O5S. The molecule has 1 aliphatic rings. The Morgan fingerprint density at radius 2 is 2.00 bits per heavy atom. The molecule has 1 aromatic carbocycles. The van der Waals surface area contributed by atoms with E-state index in [2.05, 4.69) is 20.9 Å². The highest BCUT2D eigenvalue weighted by atomic mass is 32.1. The molecule has 2 aromatic rings. The summed E-state index contributed by atoms with van der Waals surface area (Å²) in [5.41, 5.74) is 1.25. The van der Waals surface area contributed by atoms with E-state index in [1.807, 2.05) is 26.2 Å². The van der Waals surface area contributed by atoms with Crippen LogP contribution in [-0.4, -0.2) is 72.3 Å². The fraction of sp³-hybridized carbons (Fsp3) is 0.519. The second-order valence-electron chi connectivity index (χ2n) is 9.82. The van der Waals surface area contributed by atoms with E-state index in [0.717, 1.165) is 17.1 Å². The molecule has 0 saturated heterocycles. The predicted molar refractivity (Wildman–Crippen MR) is 145 cm³/mol. The van der Waals surface area contributed by atoms with E-state index in [4.69, 9.17) is 4.74 Å². The van der Waals surface area contributed by atoms with Crippen molar-refractivity contribution < 1.29 is 23.9 Å². The van der Waals surface area contributed by atoms with Crippen molar-refractivity contribution >= 4 is 35.0 Å². The number of thiazole rings is 1. The lowest BCUT2D eigenvalue weighted by molar-refractivity contribution is -0.135. The SMILES string of the molecule is Cc1csc(CCCNC(=O)[C@@H]2CCC(=O)N(C)CC(=O)N[C@@H](C(C)C)COc3ccccc3C(=O)N2)n1. The van der Waals surface area contributed by atoms with Gasteiger partial charge in [0, 0.05) is 37.5 Å². The molecule has 1 aliphatic heterocycles. The van der Waals surface area contributed by atoms with Crippen LogP contribution in [0.3, 0.4) is 0 Å². The van der Waals surface area contributed by atoms with Crippen molar-refractivity contribution in [1.29, 1.82) is 0 Å². The Morgan fingerprint density at radius 3 is 2.71 bits per heavy atom. The molecule has 0 bridgehead atoms. The first kappa shape index (κ1) is 29.1. The number of benzene rings is 1. The summed E-state index contributed by atoms with van der Waals surface area (Å²) in [7, 11) is 1.55. The Bertz CT molecular complexity index is 1130. The summed E-state index contributed by atoms with van der Waals surface area (Å²) in [6, 6.07) is 5.52. The van der Waals surface area contributed by atoms with Gasteiger partial charge in [0.05, 0.1) is 23.2 Å². The van der Waals surface area contributed by atoms with Crippen molar-refractivity contribution in [3.05, 3.63) is 45.9 Å². The molecule has 11 heteroatoms. The van der Waals surface area contributed by atoms with Gasteiger partial charge >= 0.3 is 0 Å². The molecule has 38 heavy (non-hydrogen) atoms. The van der Waals surface area contributed by atoms with Gasteiger partial charge in [-0.1, -0.05) is 26.0 Å². The maximum atomic E-state index is 13.2. The zero-order valence-corrected chi connectivity index (χ0v) is 23.2. The number of hydrogen-bond donors (Lipinski definition) is 3. The van der Waals surface area contributed by atoms with Crippen molar-refractivity contribution in [2.45, 2.75) is 58.5 Å². The monoisotopic (exact) mass is 543 g/mol. The summed E-state index contributed by atoms with van der Waals surface area (Å²) in [4.78, 5) is 57.4. The van der Waals surface area contributed by atoms with Crippen LogP contribution in [0.15, 0.2) is 29.6 Å². The van der Waals surface area contributed by atoms with E-state index in [-0.39, 0.29) is 61.2 Å². The predicted octanol–water partition coefficient (Wildman–Crippen LogP) is 2.07. The molecule has 1 aromatic heterocycles. The van der Waals surface area contributed by atoms with Crippen LogP contribution in [-0.2, 0) is 20.8 Å². The Hall–Kier alpha value is -3.47. The molecule has 0 saturated carbocycles. The van der Waals surface area contributed by atoms with Gasteiger partial charge in [-0.3, -0.25) is 19.2 Å². The van der Waals surface area contributed by atoms with Crippen LogP contribution in [0.4, 0.5) is 0 Å². The Morgan fingerprint density at radius 1 is 1.24 bits per heavy atom. The third kappa shape index (κ3) is 8.54. The molecule has 3 N–H and O–H groups in total. The number of aryl methyl sites for hydroxylation is 2. The fourth-order valence-electron chi connectivity index (χ4n) is 3.97. The van der Waals surface area contributed by atoms with E-state index < -0.39 is 11.9 Å². The minimum Gasteiger partial charge on any atom is -0.491 e. The number of fused-ring (bicyclic) bond motifs is 1. The largest absolute Gasteiger partial charge is 0.491 e. The number of nitrogens with one attached hydrogen (secondary N) is 3.